The first-order chi connectivity index (χ1) is 11.7. The first-order valence-corrected chi connectivity index (χ1v) is 9.05. The molecule has 2 fully saturated rings. The molecule has 2 saturated heterocycles. The quantitative estimate of drug-likeness (QED) is 0.840. The normalized spacial score (nSPS) is 23.2. The molecule has 1 aromatic rings. The minimum atomic E-state index is -0.236. The lowest BCUT2D eigenvalue weighted by molar-refractivity contribution is -0.126. The molecule has 3 rings (SSSR count). The van der Waals surface area contributed by atoms with Gasteiger partial charge in [-0.05, 0) is 56.0 Å². The number of piperidine rings is 1. The van der Waals surface area contributed by atoms with Crippen molar-refractivity contribution in [3.05, 3.63) is 29.8 Å². The van der Waals surface area contributed by atoms with Crippen LogP contribution in [-0.4, -0.2) is 38.0 Å². The van der Waals surface area contributed by atoms with E-state index in [4.69, 9.17) is 0 Å². The second-order valence-electron chi connectivity index (χ2n) is 6.88. The molecule has 0 saturated carbocycles. The van der Waals surface area contributed by atoms with Crippen molar-refractivity contribution in [2.75, 3.05) is 31.1 Å². The summed E-state index contributed by atoms with van der Waals surface area (Å²) < 4.78 is 0. The Kier molecular flexibility index (Phi) is 7.26. The molecule has 25 heavy (non-hydrogen) atoms. The van der Waals surface area contributed by atoms with E-state index in [1.54, 1.807) is 4.90 Å². The van der Waals surface area contributed by atoms with Crippen LogP contribution in [0.25, 0.3) is 0 Å². The van der Waals surface area contributed by atoms with Gasteiger partial charge in [-0.1, -0.05) is 19.1 Å². The summed E-state index contributed by atoms with van der Waals surface area (Å²) in [6, 6.07) is 8.05. The number of benzene rings is 1. The number of hydrogen-bond acceptors (Lipinski definition) is 3. The first kappa shape index (κ1) is 19.7. The van der Waals surface area contributed by atoms with Crippen LogP contribution in [0.3, 0.4) is 0 Å². The van der Waals surface area contributed by atoms with Crippen molar-refractivity contribution in [1.29, 1.82) is 0 Å². The van der Waals surface area contributed by atoms with E-state index in [9.17, 15) is 9.59 Å². The maximum Gasteiger partial charge on any atom is 0.227 e. The van der Waals surface area contributed by atoms with Gasteiger partial charge in [-0.25, -0.2) is 0 Å². The highest BCUT2D eigenvalue weighted by molar-refractivity contribution is 6.00. The van der Waals surface area contributed by atoms with Crippen molar-refractivity contribution in [1.82, 2.24) is 10.6 Å². The lowest BCUT2D eigenvalue weighted by atomic mass is 9.99. The molecule has 5 nitrogen and oxygen atoms in total. The molecule has 1 aromatic carbocycles. The van der Waals surface area contributed by atoms with Gasteiger partial charge in [-0.15, -0.1) is 12.4 Å². The molecule has 2 N–H and O–H groups in total. The van der Waals surface area contributed by atoms with E-state index >= 15 is 0 Å². The highest BCUT2D eigenvalue weighted by atomic mass is 35.5. The largest absolute Gasteiger partial charge is 0.355 e. The lowest BCUT2D eigenvalue weighted by Gasteiger charge is -2.23. The molecule has 2 unspecified atom stereocenters. The Morgan fingerprint density at radius 3 is 2.72 bits per heavy atom. The van der Waals surface area contributed by atoms with Gasteiger partial charge in [0, 0.05) is 25.2 Å². The summed E-state index contributed by atoms with van der Waals surface area (Å²) in [7, 11) is 0. The number of halogens is 1. The Balaban J connectivity index is 0.00000225. The Bertz CT molecular complexity index is 585. The minimum absolute atomic E-state index is 0. The van der Waals surface area contributed by atoms with Crippen LogP contribution in [-0.2, 0) is 16.0 Å². The van der Waals surface area contributed by atoms with Gasteiger partial charge >= 0.3 is 0 Å². The number of rotatable bonds is 5. The molecule has 0 aliphatic carbocycles. The van der Waals surface area contributed by atoms with Gasteiger partial charge in [-0.3, -0.25) is 9.59 Å². The fraction of sp³-hybridized carbons (Fsp3) is 0.579. The molecule has 2 amide bonds. The summed E-state index contributed by atoms with van der Waals surface area (Å²) in [5.74, 6) is 0.331. The summed E-state index contributed by atoms with van der Waals surface area (Å²) in [5.41, 5.74) is 2.14. The zero-order valence-corrected chi connectivity index (χ0v) is 15.6. The van der Waals surface area contributed by atoms with Gasteiger partial charge in [0.2, 0.25) is 11.8 Å². The molecule has 6 heteroatoms. The number of anilines is 1. The Morgan fingerprint density at radius 1 is 1.32 bits per heavy atom. The standard InChI is InChI=1S/C19H27N3O2.ClH/c1-2-14-5-7-17(8-6-14)22-13-16(10-18(22)23)19(24)21-12-15-4-3-9-20-11-15;/h5-8,15-16,20H,2-4,9-13H2,1H3,(H,21,24);1H. The summed E-state index contributed by atoms with van der Waals surface area (Å²) in [6.45, 7) is 5.35. The number of hydrogen-bond donors (Lipinski definition) is 2. The zero-order valence-electron chi connectivity index (χ0n) is 14.8. The van der Waals surface area contributed by atoms with Gasteiger partial charge in [0.05, 0.1) is 5.92 Å². The van der Waals surface area contributed by atoms with Crippen molar-refractivity contribution in [2.24, 2.45) is 11.8 Å². The second-order valence-corrected chi connectivity index (χ2v) is 6.88. The van der Waals surface area contributed by atoms with Crippen LogP contribution in [0.1, 0.15) is 31.7 Å². The predicted octanol–water partition coefficient (Wildman–Crippen LogP) is 2.14. The van der Waals surface area contributed by atoms with Crippen molar-refractivity contribution in [3.8, 4) is 0 Å². The van der Waals surface area contributed by atoms with E-state index in [2.05, 4.69) is 17.6 Å². The monoisotopic (exact) mass is 365 g/mol. The molecule has 0 aromatic heterocycles. The summed E-state index contributed by atoms with van der Waals surface area (Å²) >= 11 is 0. The average Bonchev–Trinajstić information content (AvgIpc) is 3.02. The molecule has 2 aliphatic rings. The van der Waals surface area contributed by atoms with Gasteiger partial charge in [0.1, 0.15) is 0 Å². The molecule has 2 atom stereocenters. The summed E-state index contributed by atoms with van der Waals surface area (Å²) in [5, 5.41) is 6.41. The number of amides is 2. The van der Waals surface area contributed by atoms with E-state index in [1.807, 2.05) is 24.3 Å². The SMILES string of the molecule is CCc1ccc(N2CC(C(=O)NCC3CCCNC3)CC2=O)cc1.Cl. The average molecular weight is 366 g/mol. The maximum atomic E-state index is 12.4. The Hall–Kier alpha value is -1.59. The van der Waals surface area contributed by atoms with Crippen LogP contribution < -0.4 is 15.5 Å². The smallest absolute Gasteiger partial charge is 0.227 e. The number of nitrogens with zero attached hydrogens (tertiary/aromatic N) is 1. The first-order valence-electron chi connectivity index (χ1n) is 9.05. The van der Waals surface area contributed by atoms with Crippen molar-refractivity contribution in [2.45, 2.75) is 32.6 Å². The number of aryl methyl sites for hydroxylation is 1. The molecule has 0 radical (unpaired) electrons. The van der Waals surface area contributed by atoms with Crippen LogP contribution >= 0.6 is 12.4 Å². The zero-order chi connectivity index (χ0) is 16.9. The lowest BCUT2D eigenvalue weighted by Crippen LogP contribution is -2.40. The molecule has 0 spiro atoms. The van der Waals surface area contributed by atoms with Crippen molar-refractivity contribution >= 4 is 29.9 Å². The van der Waals surface area contributed by atoms with Crippen molar-refractivity contribution in [3.63, 3.8) is 0 Å². The van der Waals surface area contributed by atoms with E-state index in [-0.39, 0.29) is 30.1 Å². The molecular weight excluding hydrogens is 338 g/mol. The maximum absolute atomic E-state index is 12.4. The van der Waals surface area contributed by atoms with Crippen LogP contribution in [0.4, 0.5) is 5.69 Å². The van der Waals surface area contributed by atoms with E-state index in [1.165, 1.54) is 12.0 Å². The van der Waals surface area contributed by atoms with E-state index in [0.29, 0.717) is 25.4 Å². The summed E-state index contributed by atoms with van der Waals surface area (Å²) in [6.07, 6.45) is 3.62. The third-order valence-electron chi connectivity index (χ3n) is 5.12. The van der Waals surface area contributed by atoms with Crippen LogP contribution in [0.2, 0.25) is 0 Å². The molecule has 2 aliphatic heterocycles. The Labute approximate surface area is 155 Å². The second kappa shape index (κ2) is 9.20. The predicted molar refractivity (Wildman–Crippen MR) is 102 cm³/mol. The van der Waals surface area contributed by atoms with Crippen LogP contribution in [0.15, 0.2) is 24.3 Å². The molecule has 138 valence electrons. The van der Waals surface area contributed by atoms with Crippen LogP contribution in [0.5, 0.6) is 0 Å². The molecule has 0 bridgehead atoms. The van der Waals surface area contributed by atoms with Crippen LogP contribution in [0, 0.1) is 11.8 Å². The number of nitrogens with one attached hydrogen (secondary N) is 2. The molecular formula is C19H28ClN3O2. The third-order valence-corrected chi connectivity index (χ3v) is 5.12. The van der Waals surface area contributed by atoms with Gasteiger partial charge < -0.3 is 15.5 Å². The molecule has 2 heterocycles. The van der Waals surface area contributed by atoms with E-state index in [0.717, 1.165) is 31.6 Å². The summed E-state index contributed by atoms with van der Waals surface area (Å²) in [4.78, 5) is 26.4. The Morgan fingerprint density at radius 2 is 2.08 bits per heavy atom. The van der Waals surface area contributed by atoms with E-state index < -0.39 is 0 Å². The highest BCUT2D eigenvalue weighted by Gasteiger charge is 2.35. The number of carbonyl (C=O) groups is 2. The van der Waals surface area contributed by atoms with Gasteiger partial charge in [0.25, 0.3) is 0 Å². The highest BCUT2D eigenvalue weighted by Crippen LogP contribution is 2.25. The number of carbonyl (C=O) groups excluding carboxylic acids is 2. The minimum Gasteiger partial charge on any atom is -0.355 e. The van der Waals surface area contributed by atoms with Crippen molar-refractivity contribution < 1.29 is 9.59 Å². The topological polar surface area (TPSA) is 61.4 Å². The van der Waals surface area contributed by atoms with Gasteiger partial charge in [-0.2, -0.15) is 0 Å². The third kappa shape index (κ3) is 4.95. The fourth-order valence-electron chi connectivity index (χ4n) is 3.53. The van der Waals surface area contributed by atoms with Gasteiger partial charge in [0.15, 0.2) is 0 Å². The fourth-order valence-corrected chi connectivity index (χ4v) is 3.53.